The van der Waals surface area contributed by atoms with Crippen LogP contribution in [0.3, 0.4) is 0 Å². The number of hydrogen-bond donors (Lipinski definition) is 2. The number of hydrogen-bond acceptors (Lipinski definition) is 3. The predicted octanol–water partition coefficient (Wildman–Crippen LogP) is -0.0900. The monoisotopic (exact) mass is 175 g/mol. The zero-order valence-corrected chi connectivity index (χ0v) is 7.89. The molecular weight excluding hydrogens is 158 g/mol. The lowest BCUT2D eigenvalue weighted by Gasteiger charge is -2.21. The van der Waals surface area contributed by atoms with Crippen molar-refractivity contribution in [3.8, 4) is 0 Å². The van der Waals surface area contributed by atoms with Crippen LogP contribution in [0.25, 0.3) is 0 Å². The van der Waals surface area contributed by atoms with Gasteiger partial charge < -0.3 is 15.2 Å². The highest BCUT2D eigenvalue weighted by Gasteiger charge is 2.20. The van der Waals surface area contributed by atoms with E-state index in [1.54, 1.807) is 7.11 Å². The average molecular weight is 175 g/mol. The summed E-state index contributed by atoms with van der Waals surface area (Å²) in [7, 11) is 1.57. The fourth-order valence-electron chi connectivity index (χ4n) is 0.717. The lowest BCUT2D eigenvalue weighted by molar-refractivity contribution is -0.126. The first kappa shape index (κ1) is 11.4. The quantitative estimate of drug-likeness (QED) is 0.614. The largest absolute Gasteiger partial charge is 0.395 e. The molecule has 0 unspecified atom stereocenters. The van der Waals surface area contributed by atoms with E-state index in [-0.39, 0.29) is 12.5 Å². The van der Waals surface area contributed by atoms with Crippen molar-refractivity contribution in [3.05, 3.63) is 0 Å². The maximum atomic E-state index is 11.1. The van der Waals surface area contributed by atoms with Crippen molar-refractivity contribution in [1.29, 1.82) is 0 Å². The third kappa shape index (κ3) is 5.09. The van der Waals surface area contributed by atoms with Gasteiger partial charge in [0.25, 0.3) is 0 Å². The number of amides is 1. The number of aliphatic hydroxyl groups excluding tert-OH is 1. The molecule has 0 spiro atoms. The fourth-order valence-corrected chi connectivity index (χ4v) is 0.717. The lowest BCUT2D eigenvalue weighted by atomic mass is 10.1. The van der Waals surface area contributed by atoms with Crippen LogP contribution >= 0.6 is 0 Å². The van der Waals surface area contributed by atoms with Crippen molar-refractivity contribution >= 4 is 5.91 Å². The summed E-state index contributed by atoms with van der Waals surface area (Å²) in [5.41, 5.74) is -0.431. The SMILES string of the molecule is COC(C)(C)CC(=O)NCCO. The number of rotatable bonds is 5. The Balaban J connectivity index is 3.68. The van der Waals surface area contributed by atoms with Gasteiger partial charge >= 0.3 is 0 Å². The first-order valence-electron chi connectivity index (χ1n) is 3.94. The Kier molecular flexibility index (Phi) is 4.85. The molecule has 0 aliphatic carbocycles. The Morgan fingerprint density at radius 2 is 2.17 bits per heavy atom. The summed E-state index contributed by atoms with van der Waals surface area (Å²) in [5.74, 6) is -0.101. The molecular formula is C8H17NO3. The minimum absolute atomic E-state index is 0.0286. The molecule has 0 aliphatic rings. The molecule has 0 aromatic rings. The molecule has 2 N–H and O–H groups in total. The topological polar surface area (TPSA) is 58.6 Å². The highest BCUT2D eigenvalue weighted by atomic mass is 16.5. The second kappa shape index (κ2) is 5.11. The van der Waals surface area contributed by atoms with Gasteiger partial charge in [0.15, 0.2) is 0 Å². The number of methoxy groups -OCH3 is 1. The number of nitrogens with one attached hydrogen (secondary N) is 1. The minimum atomic E-state index is -0.431. The van der Waals surface area contributed by atoms with E-state index in [0.29, 0.717) is 13.0 Å². The van der Waals surface area contributed by atoms with Crippen LogP contribution in [-0.2, 0) is 9.53 Å². The van der Waals surface area contributed by atoms with E-state index in [1.807, 2.05) is 13.8 Å². The van der Waals surface area contributed by atoms with E-state index in [4.69, 9.17) is 9.84 Å². The van der Waals surface area contributed by atoms with Gasteiger partial charge in [0, 0.05) is 13.7 Å². The Bertz CT molecular complexity index is 145. The van der Waals surface area contributed by atoms with E-state index in [2.05, 4.69) is 5.32 Å². The van der Waals surface area contributed by atoms with E-state index in [9.17, 15) is 4.79 Å². The van der Waals surface area contributed by atoms with Gasteiger partial charge in [0.05, 0.1) is 18.6 Å². The molecule has 0 heterocycles. The minimum Gasteiger partial charge on any atom is -0.395 e. The smallest absolute Gasteiger partial charge is 0.222 e. The standard InChI is InChI=1S/C8H17NO3/c1-8(2,12-3)6-7(11)9-4-5-10/h10H,4-6H2,1-3H3,(H,9,11). The second-order valence-corrected chi connectivity index (χ2v) is 3.21. The van der Waals surface area contributed by atoms with Gasteiger partial charge in [0.2, 0.25) is 5.91 Å². The second-order valence-electron chi connectivity index (χ2n) is 3.21. The molecule has 0 saturated carbocycles. The zero-order chi connectivity index (χ0) is 9.61. The van der Waals surface area contributed by atoms with Crippen LogP contribution in [0, 0.1) is 0 Å². The summed E-state index contributed by atoms with van der Waals surface area (Å²) in [6.07, 6.45) is 0.309. The normalized spacial score (nSPS) is 11.3. The fraction of sp³-hybridized carbons (Fsp3) is 0.875. The lowest BCUT2D eigenvalue weighted by Crippen LogP contribution is -2.34. The molecule has 0 rings (SSSR count). The van der Waals surface area contributed by atoms with Crippen LogP contribution in [0.4, 0.5) is 0 Å². The molecule has 0 bridgehead atoms. The Labute approximate surface area is 72.9 Å². The summed E-state index contributed by atoms with van der Waals surface area (Å²) in [5, 5.41) is 11.0. The molecule has 0 radical (unpaired) electrons. The van der Waals surface area contributed by atoms with E-state index in [0.717, 1.165) is 0 Å². The van der Waals surface area contributed by atoms with Gasteiger partial charge in [-0.2, -0.15) is 0 Å². The van der Waals surface area contributed by atoms with Crippen molar-refractivity contribution in [2.24, 2.45) is 0 Å². The highest BCUT2D eigenvalue weighted by molar-refractivity contribution is 5.76. The van der Waals surface area contributed by atoms with Crippen molar-refractivity contribution in [1.82, 2.24) is 5.32 Å². The van der Waals surface area contributed by atoms with Gasteiger partial charge in [0.1, 0.15) is 0 Å². The van der Waals surface area contributed by atoms with E-state index >= 15 is 0 Å². The van der Waals surface area contributed by atoms with Crippen molar-refractivity contribution in [3.63, 3.8) is 0 Å². The van der Waals surface area contributed by atoms with Crippen LogP contribution in [0.5, 0.6) is 0 Å². The van der Waals surface area contributed by atoms with Crippen molar-refractivity contribution in [2.75, 3.05) is 20.3 Å². The summed E-state index contributed by atoms with van der Waals surface area (Å²) in [6.45, 7) is 3.95. The number of aliphatic hydroxyl groups is 1. The molecule has 72 valence electrons. The first-order valence-corrected chi connectivity index (χ1v) is 3.94. The Hall–Kier alpha value is -0.610. The van der Waals surface area contributed by atoms with Gasteiger partial charge in [-0.3, -0.25) is 4.79 Å². The first-order chi connectivity index (χ1) is 5.52. The maximum Gasteiger partial charge on any atom is 0.222 e. The van der Waals surface area contributed by atoms with E-state index in [1.165, 1.54) is 0 Å². The van der Waals surface area contributed by atoms with Crippen LogP contribution in [0.2, 0.25) is 0 Å². The predicted molar refractivity (Wildman–Crippen MR) is 45.8 cm³/mol. The van der Waals surface area contributed by atoms with Crippen molar-refractivity contribution in [2.45, 2.75) is 25.9 Å². The molecule has 4 heteroatoms. The molecule has 0 aromatic heterocycles. The third-order valence-electron chi connectivity index (χ3n) is 1.57. The van der Waals surface area contributed by atoms with Gasteiger partial charge in [-0.1, -0.05) is 0 Å². The van der Waals surface area contributed by atoms with Gasteiger partial charge in [-0.05, 0) is 13.8 Å². The summed E-state index contributed by atoms with van der Waals surface area (Å²) >= 11 is 0. The molecule has 0 aromatic carbocycles. The molecule has 0 aliphatic heterocycles. The molecule has 0 fully saturated rings. The van der Waals surface area contributed by atoms with Crippen LogP contribution in [-0.4, -0.2) is 36.9 Å². The summed E-state index contributed by atoms with van der Waals surface area (Å²) in [6, 6.07) is 0. The molecule has 4 nitrogen and oxygen atoms in total. The van der Waals surface area contributed by atoms with E-state index < -0.39 is 5.60 Å². The van der Waals surface area contributed by atoms with Crippen LogP contribution < -0.4 is 5.32 Å². The Morgan fingerprint density at radius 3 is 2.58 bits per heavy atom. The Morgan fingerprint density at radius 1 is 1.58 bits per heavy atom. The van der Waals surface area contributed by atoms with Gasteiger partial charge in [-0.15, -0.1) is 0 Å². The average Bonchev–Trinajstić information content (AvgIpc) is 2.00. The number of carbonyl (C=O) groups excluding carboxylic acids is 1. The molecule has 0 atom stereocenters. The van der Waals surface area contributed by atoms with Crippen molar-refractivity contribution < 1.29 is 14.6 Å². The number of carbonyl (C=O) groups is 1. The highest BCUT2D eigenvalue weighted by Crippen LogP contribution is 2.11. The molecule has 1 amide bonds. The zero-order valence-electron chi connectivity index (χ0n) is 7.89. The maximum absolute atomic E-state index is 11.1. The van der Waals surface area contributed by atoms with Crippen LogP contribution in [0.1, 0.15) is 20.3 Å². The molecule has 12 heavy (non-hydrogen) atoms. The summed E-state index contributed by atoms with van der Waals surface area (Å²) < 4.78 is 5.06. The third-order valence-corrected chi connectivity index (χ3v) is 1.57. The van der Waals surface area contributed by atoms with Gasteiger partial charge in [-0.25, -0.2) is 0 Å². The van der Waals surface area contributed by atoms with Crippen LogP contribution in [0.15, 0.2) is 0 Å². The number of ether oxygens (including phenoxy) is 1. The molecule has 0 saturated heterocycles. The summed E-state index contributed by atoms with van der Waals surface area (Å²) in [4.78, 5) is 11.1.